The van der Waals surface area contributed by atoms with Crippen molar-refractivity contribution >= 4 is 23.7 Å². The van der Waals surface area contributed by atoms with Crippen molar-refractivity contribution in [1.82, 2.24) is 15.5 Å². The molecule has 2 atom stereocenters. The van der Waals surface area contributed by atoms with Crippen LogP contribution in [-0.2, 0) is 16.1 Å². The van der Waals surface area contributed by atoms with Gasteiger partial charge in [-0.1, -0.05) is 47.8 Å². The molecule has 0 bridgehead atoms. The minimum Gasteiger partial charge on any atom is -0.481 e. The van der Waals surface area contributed by atoms with Gasteiger partial charge in [0.15, 0.2) is 0 Å². The molecule has 2 unspecified atom stereocenters. The third-order valence-corrected chi connectivity index (χ3v) is 6.14. The Morgan fingerprint density at radius 2 is 2.06 bits per heavy atom. The predicted octanol–water partition coefficient (Wildman–Crippen LogP) is 5.26. The second kappa shape index (κ2) is 11.2. The molecule has 1 fully saturated rings. The number of rotatable bonds is 11. The van der Waals surface area contributed by atoms with Gasteiger partial charge in [0, 0.05) is 34.0 Å². The van der Waals surface area contributed by atoms with Gasteiger partial charge in [0.1, 0.15) is 24.7 Å². The van der Waals surface area contributed by atoms with E-state index in [0.29, 0.717) is 45.6 Å². The number of aromatic nitrogens is 2. The number of alkyl carbamates (subject to hydrolysis) is 1. The van der Waals surface area contributed by atoms with Crippen molar-refractivity contribution in [2.45, 2.75) is 38.8 Å². The fourth-order valence-electron chi connectivity index (χ4n) is 3.65. The Labute approximate surface area is 207 Å². The third-order valence-electron chi connectivity index (χ3n) is 5.80. The van der Waals surface area contributed by atoms with Crippen LogP contribution in [0.3, 0.4) is 0 Å². The predicted molar refractivity (Wildman–Crippen MR) is 127 cm³/mol. The minimum absolute atomic E-state index is 0.0754. The first-order valence-electron chi connectivity index (χ1n) is 11.3. The Bertz CT molecular complexity index is 1160. The molecule has 2 aromatic heterocycles. The number of carbonyl (C=O) groups is 2. The zero-order valence-corrected chi connectivity index (χ0v) is 19.9. The van der Waals surface area contributed by atoms with E-state index < -0.39 is 24.1 Å². The van der Waals surface area contributed by atoms with Crippen LogP contribution < -0.4 is 10.1 Å². The standard InChI is InChI=1S/C25H26ClN3O6/c1-15(20-4-2-3-5-21(20)26)35-25(32)28-12-19-14-34-29-23(19)17-8-9-22(27-11-17)33-13-18(24(30)31)10-16-6-7-16/h2-5,8-9,11,14-16,18H,6-7,10,12-13H2,1H3,(H,28,32)(H,30,31). The van der Waals surface area contributed by atoms with Gasteiger partial charge in [0.2, 0.25) is 5.88 Å². The van der Waals surface area contributed by atoms with Crippen LogP contribution in [-0.4, -0.2) is 33.9 Å². The highest BCUT2D eigenvalue weighted by molar-refractivity contribution is 6.31. The van der Waals surface area contributed by atoms with Gasteiger partial charge in [-0.25, -0.2) is 9.78 Å². The van der Waals surface area contributed by atoms with Gasteiger partial charge in [0.25, 0.3) is 0 Å². The van der Waals surface area contributed by atoms with E-state index in [9.17, 15) is 14.7 Å². The molecule has 1 saturated carbocycles. The van der Waals surface area contributed by atoms with Crippen LogP contribution in [0.15, 0.2) is 53.4 Å². The molecule has 3 aromatic rings. The van der Waals surface area contributed by atoms with E-state index in [4.69, 9.17) is 25.6 Å². The summed E-state index contributed by atoms with van der Waals surface area (Å²) >= 11 is 6.16. The molecule has 1 aromatic carbocycles. The lowest BCUT2D eigenvalue weighted by Gasteiger charge is -2.15. The Morgan fingerprint density at radius 1 is 1.26 bits per heavy atom. The number of ether oxygens (including phenoxy) is 2. The summed E-state index contributed by atoms with van der Waals surface area (Å²) in [5.74, 6) is -0.576. The molecule has 1 amide bonds. The van der Waals surface area contributed by atoms with Gasteiger partial charge in [-0.05, 0) is 31.4 Å². The first-order valence-corrected chi connectivity index (χ1v) is 11.7. The summed E-state index contributed by atoms with van der Waals surface area (Å²) in [4.78, 5) is 28.0. The van der Waals surface area contributed by atoms with E-state index in [0.717, 1.165) is 12.8 Å². The van der Waals surface area contributed by atoms with Crippen molar-refractivity contribution in [1.29, 1.82) is 0 Å². The highest BCUT2D eigenvalue weighted by atomic mass is 35.5. The number of hydrogen-bond donors (Lipinski definition) is 2. The largest absolute Gasteiger partial charge is 0.481 e. The molecule has 2 N–H and O–H groups in total. The average Bonchev–Trinajstić information content (AvgIpc) is 3.54. The van der Waals surface area contributed by atoms with E-state index in [1.54, 1.807) is 37.4 Å². The van der Waals surface area contributed by atoms with E-state index in [1.807, 2.05) is 12.1 Å². The monoisotopic (exact) mass is 499 g/mol. The van der Waals surface area contributed by atoms with Crippen LogP contribution in [0, 0.1) is 11.8 Å². The normalized spacial score (nSPS) is 14.7. The van der Waals surface area contributed by atoms with Crippen molar-refractivity contribution in [3.63, 3.8) is 0 Å². The fourth-order valence-corrected chi connectivity index (χ4v) is 3.94. The molecule has 184 valence electrons. The molecule has 0 radical (unpaired) electrons. The summed E-state index contributed by atoms with van der Waals surface area (Å²) in [5.41, 5.74) is 2.53. The smallest absolute Gasteiger partial charge is 0.408 e. The number of amides is 1. The zero-order valence-electron chi connectivity index (χ0n) is 19.1. The highest BCUT2D eigenvalue weighted by Gasteiger charge is 2.29. The summed E-state index contributed by atoms with van der Waals surface area (Å²) < 4.78 is 16.1. The number of nitrogens with one attached hydrogen (secondary N) is 1. The van der Waals surface area contributed by atoms with Crippen LogP contribution in [0.2, 0.25) is 5.02 Å². The first kappa shape index (κ1) is 24.5. The highest BCUT2D eigenvalue weighted by Crippen LogP contribution is 2.35. The van der Waals surface area contributed by atoms with E-state index >= 15 is 0 Å². The Hall–Kier alpha value is -3.59. The number of pyridine rings is 1. The van der Waals surface area contributed by atoms with Crippen molar-refractivity contribution in [3.05, 3.63) is 65.0 Å². The maximum absolute atomic E-state index is 12.3. The van der Waals surface area contributed by atoms with E-state index in [2.05, 4.69) is 15.5 Å². The van der Waals surface area contributed by atoms with Gasteiger partial charge in [0.05, 0.1) is 12.5 Å². The number of carbonyl (C=O) groups excluding carboxylic acids is 1. The summed E-state index contributed by atoms with van der Waals surface area (Å²) in [6.07, 6.45) is 4.67. The molecule has 1 aliphatic carbocycles. The number of nitrogens with zero attached hydrogens (tertiary/aromatic N) is 2. The van der Waals surface area contributed by atoms with Gasteiger partial charge < -0.3 is 24.4 Å². The fraction of sp³-hybridized carbons (Fsp3) is 0.360. The number of carboxylic acids is 1. The third kappa shape index (κ3) is 6.73. The molecule has 10 heteroatoms. The molecule has 2 heterocycles. The van der Waals surface area contributed by atoms with Crippen molar-refractivity contribution in [3.8, 4) is 17.1 Å². The number of carboxylic acid groups (broad SMARTS) is 1. The van der Waals surface area contributed by atoms with Crippen molar-refractivity contribution in [2.24, 2.45) is 11.8 Å². The van der Waals surface area contributed by atoms with E-state index in [-0.39, 0.29) is 13.2 Å². The van der Waals surface area contributed by atoms with Crippen LogP contribution in [0.5, 0.6) is 5.88 Å². The lowest BCUT2D eigenvalue weighted by molar-refractivity contribution is -0.143. The first-order chi connectivity index (χ1) is 16.9. The second-order valence-electron chi connectivity index (χ2n) is 8.52. The van der Waals surface area contributed by atoms with Crippen LogP contribution in [0.25, 0.3) is 11.3 Å². The Morgan fingerprint density at radius 3 is 2.74 bits per heavy atom. The zero-order chi connectivity index (χ0) is 24.8. The molecule has 0 spiro atoms. The van der Waals surface area contributed by atoms with Crippen molar-refractivity contribution in [2.75, 3.05) is 6.61 Å². The summed E-state index contributed by atoms with van der Waals surface area (Å²) in [5, 5.41) is 16.6. The van der Waals surface area contributed by atoms with Gasteiger partial charge in [-0.3, -0.25) is 4.79 Å². The van der Waals surface area contributed by atoms with Gasteiger partial charge >= 0.3 is 12.1 Å². The summed E-state index contributed by atoms with van der Waals surface area (Å²) in [6.45, 7) is 1.95. The van der Waals surface area contributed by atoms with Crippen LogP contribution >= 0.6 is 11.6 Å². The molecule has 0 aliphatic heterocycles. The second-order valence-corrected chi connectivity index (χ2v) is 8.93. The lowest BCUT2D eigenvalue weighted by Crippen LogP contribution is -2.25. The Balaban J connectivity index is 1.30. The summed E-state index contributed by atoms with van der Waals surface area (Å²) in [6, 6.07) is 10.6. The number of halogens is 1. The molecule has 0 saturated heterocycles. The van der Waals surface area contributed by atoms with Crippen LogP contribution in [0.1, 0.15) is 43.4 Å². The maximum Gasteiger partial charge on any atom is 0.408 e. The maximum atomic E-state index is 12.3. The lowest BCUT2D eigenvalue weighted by atomic mass is 10.0. The summed E-state index contributed by atoms with van der Waals surface area (Å²) in [7, 11) is 0. The molecule has 35 heavy (non-hydrogen) atoms. The van der Waals surface area contributed by atoms with Gasteiger partial charge in [-0.2, -0.15) is 0 Å². The van der Waals surface area contributed by atoms with E-state index in [1.165, 1.54) is 6.26 Å². The SMILES string of the molecule is CC(OC(=O)NCc1conc1-c1ccc(OCC(CC2CC2)C(=O)O)nc1)c1ccccc1Cl. The quantitative estimate of drug-likeness (QED) is 0.366. The van der Waals surface area contributed by atoms with Gasteiger partial charge in [-0.15, -0.1) is 0 Å². The average molecular weight is 500 g/mol. The molecule has 9 nitrogen and oxygen atoms in total. The molecule has 1 aliphatic rings. The number of aliphatic carboxylic acids is 1. The minimum atomic E-state index is -0.854. The molecular weight excluding hydrogens is 474 g/mol. The topological polar surface area (TPSA) is 124 Å². The molecular formula is C25H26ClN3O6. The number of hydrogen-bond acceptors (Lipinski definition) is 7. The Kier molecular flexibility index (Phi) is 7.87. The molecule has 4 rings (SSSR count). The number of benzene rings is 1. The van der Waals surface area contributed by atoms with Crippen molar-refractivity contribution < 1.29 is 28.7 Å². The van der Waals surface area contributed by atoms with Crippen LogP contribution in [0.4, 0.5) is 4.79 Å².